The highest BCUT2D eigenvalue weighted by molar-refractivity contribution is 5.89. The molecule has 0 aliphatic heterocycles. The second-order valence-electron chi connectivity index (χ2n) is 3.80. The van der Waals surface area contributed by atoms with E-state index in [2.05, 4.69) is 17.2 Å². The van der Waals surface area contributed by atoms with Gasteiger partial charge in [0, 0.05) is 18.8 Å². The highest BCUT2D eigenvalue weighted by Gasteiger charge is 2.10. The fourth-order valence-corrected chi connectivity index (χ4v) is 1.56. The maximum Gasteiger partial charge on any atom is 0.321 e. The van der Waals surface area contributed by atoms with Crippen LogP contribution >= 0.6 is 0 Å². The molecule has 0 bridgehead atoms. The van der Waals surface area contributed by atoms with E-state index in [1.807, 2.05) is 13.8 Å². The van der Waals surface area contributed by atoms with Gasteiger partial charge in [0.05, 0.1) is 12.1 Å². The molecule has 0 radical (unpaired) electrons. The molecule has 0 aliphatic rings. The van der Waals surface area contributed by atoms with Gasteiger partial charge in [-0.15, -0.1) is 0 Å². The number of halogens is 1. The highest BCUT2D eigenvalue weighted by Crippen LogP contribution is 2.14. The first-order chi connectivity index (χ1) is 9.12. The second kappa shape index (κ2) is 7.39. The van der Waals surface area contributed by atoms with Gasteiger partial charge in [-0.1, -0.05) is 11.8 Å². The summed E-state index contributed by atoms with van der Waals surface area (Å²) in [6.07, 6.45) is 0. The summed E-state index contributed by atoms with van der Waals surface area (Å²) in [5.74, 6) is 4.79. The molecule has 0 aliphatic carbocycles. The fourth-order valence-electron chi connectivity index (χ4n) is 1.56. The van der Waals surface area contributed by atoms with Crippen molar-refractivity contribution in [2.24, 2.45) is 5.73 Å². The number of hydrogen-bond donors (Lipinski definition) is 2. The first-order valence-electron chi connectivity index (χ1n) is 6.16. The number of nitrogens with zero attached hydrogens (tertiary/aromatic N) is 1. The number of anilines is 1. The van der Waals surface area contributed by atoms with Crippen molar-refractivity contribution < 1.29 is 9.18 Å². The van der Waals surface area contributed by atoms with E-state index in [-0.39, 0.29) is 18.1 Å². The normalized spacial score (nSPS) is 9.47. The summed E-state index contributed by atoms with van der Waals surface area (Å²) >= 11 is 0. The van der Waals surface area contributed by atoms with E-state index in [1.165, 1.54) is 18.2 Å². The molecular weight excluding hydrogens is 245 g/mol. The number of benzene rings is 1. The van der Waals surface area contributed by atoms with Gasteiger partial charge in [0.1, 0.15) is 5.82 Å². The average molecular weight is 263 g/mol. The molecular formula is C14H18FN3O. The molecule has 1 rings (SSSR count). The van der Waals surface area contributed by atoms with Crippen LogP contribution in [0, 0.1) is 17.7 Å². The first kappa shape index (κ1) is 15.0. The van der Waals surface area contributed by atoms with Crippen LogP contribution in [0.3, 0.4) is 0 Å². The average Bonchev–Trinajstić information content (AvgIpc) is 2.40. The van der Waals surface area contributed by atoms with E-state index < -0.39 is 5.82 Å². The summed E-state index contributed by atoms with van der Waals surface area (Å²) in [7, 11) is 0. The van der Waals surface area contributed by atoms with Gasteiger partial charge in [0.15, 0.2) is 0 Å². The molecule has 0 fully saturated rings. The topological polar surface area (TPSA) is 58.4 Å². The highest BCUT2D eigenvalue weighted by atomic mass is 19.1. The third kappa shape index (κ3) is 4.27. The van der Waals surface area contributed by atoms with Crippen LogP contribution < -0.4 is 11.1 Å². The van der Waals surface area contributed by atoms with Crippen molar-refractivity contribution >= 4 is 11.7 Å². The van der Waals surface area contributed by atoms with Gasteiger partial charge in [-0.2, -0.15) is 0 Å². The first-order valence-corrected chi connectivity index (χ1v) is 6.16. The van der Waals surface area contributed by atoms with Crippen molar-refractivity contribution in [1.82, 2.24) is 4.90 Å². The van der Waals surface area contributed by atoms with Crippen LogP contribution in [-0.2, 0) is 0 Å². The van der Waals surface area contributed by atoms with Gasteiger partial charge in [-0.25, -0.2) is 9.18 Å². The predicted molar refractivity (Wildman–Crippen MR) is 74.3 cm³/mol. The Morgan fingerprint density at radius 3 is 2.68 bits per heavy atom. The molecule has 0 aromatic heterocycles. The van der Waals surface area contributed by atoms with Gasteiger partial charge >= 0.3 is 6.03 Å². The van der Waals surface area contributed by atoms with E-state index in [4.69, 9.17) is 5.73 Å². The lowest BCUT2D eigenvalue weighted by atomic mass is 10.2. The number of carbonyl (C=O) groups excluding carboxylic acids is 1. The standard InChI is InChI=1S/C14H18FN3O/c1-3-18(4-2)14(19)17-12-7-8-13(15)11(10-12)6-5-9-16/h7-8,10H,3-4,9,16H2,1-2H3,(H,17,19). The summed E-state index contributed by atoms with van der Waals surface area (Å²) in [6.45, 7) is 5.18. The molecule has 0 spiro atoms. The Bertz CT molecular complexity index is 501. The van der Waals surface area contributed by atoms with E-state index in [9.17, 15) is 9.18 Å². The maximum absolute atomic E-state index is 13.5. The zero-order chi connectivity index (χ0) is 14.3. The molecule has 0 saturated carbocycles. The summed E-state index contributed by atoms with van der Waals surface area (Å²) in [5.41, 5.74) is 5.99. The molecule has 0 saturated heterocycles. The Morgan fingerprint density at radius 1 is 1.42 bits per heavy atom. The molecule has 3 N–H and O–H groups in total. The van der Waals surface area contributed by atoms with Gasteiger partial charge in [-0.3, -0.25) is 0 Å². The molecule has 1 aromatic rings. The number of carbonyl (C=O) groups is 1. The van der Waals surface area contributed by atoms with Crippen molar-refractivity contribution in [2.75, 3.05) is 25.0 Å². The monoisotopic (exact) mass is 263 g/mol. The lowest BCUT2D eigenvalue weighted by Crippen LogP contribution is -2.34. The molecule has 4 nitrogen and oxygen atoms in total. The van der Waals surface area contributed by atoms with Gasteiger partial charge in [0.25, 0.3) is 0 Å². The Labute approximate surface area is 112 Å². The summed E-state index contributed by atoms with van der Waals surface area (Å²) < 4.78 is 13.5. The number of amides is 2. The van der Waals surface area contributed by atoms with Crippen LogP contribution in [0.1, 0.15) is 19.4 Å². The Morgan fingerprint density at radius 2 is 2.11 bits per heavy atom. The van der Waals surface area contributed by atoms with Crippen LogP contribution in [0.2, 0.25) is 0 Å². The van der Waals surface area contributed by atoms with Crippen LogP contribution in [0.5, 0.6) is 0 Å². The van der Waals surface area contributed by atoms with Crippen molar-refractivity contribution in [3.05, 3.63) is 29.6 Å². The SMILES string of the molecule is CCN(CC)C(=O)Nc1ccc(F)c(C#CCN)c1. The smallest absolute Gasteiger partial charge is 0.321 e. The fraction of sp³-hybridized carbons (Fsp3) is 0.357. The second-order valence-corrected chi connectivity index (χ2v) is 3.80. The van der Waals surface area contributed by atoms with Gasteiger partial charge < -0.3 is 16.0 Å². The maximum atomic E-state index is 13.5. The van der Waals surface area contributed by atoms with Crippen LogP contribution in [0.4, 0.5) is 14.9 Å². The minimum Gasteiger partial charge on any atom is -0.325 e. The minimum absolute atomic E-state index is 0.162. The molecule has 5 heteroatoms. The van der Waals surface area contributed by atoms with E-state index in [1.54, 1.807) is 4.90 Å². The van der Waals surface area contributed by atoms with Crippen molar-refractivity contribution in [1.29, 1.82) is 0 Å². The van der Waals surface area contributed by atoms with Crippen molar-refractivity contribution in [2.45, 2.75) is 13.8 Å². The molecule has 0 atom stereocenters. The Balaban J connectivity index is 2.88. The van der Waals surface area contributed by atoms with Gasteiger partial charge in [-0.05, 0) is 32.0 Å². The van der Waals surface area contributed by atoms with Crippen LogP contribution in [0.25, 0.3) is 0 Å². The van der Waals surface area contributed by atoms with E-state index >= 15 is 0 Å². The van der Waals surface area contributed by atoms with E-state index in [0.717, 1.165) is 0 Å². The lowest BCUT2D eigenvalue weighted by Gasteiger charge is -2.19. The Kier molecular flexibility index (Phi) is 5.83. The van der Waals surface area contributed by atoms with Crippen molar-refractivity contribution in [3.63, 3.8) is 0 Å². The lowest BCUT2D eigenvalue weighted by molar-refractivity contribution is 0.217. The summed E-state index contributed by atoms with van der Waals surface area (Å²) in [6, 6.07) is 4.07. The number of nitrogens with one attached hydrogen (secondary N) is 1. The molecule has 2 amide bonds. The van der Waals surface area contributed by atoms with E-state index in [0.29, 0.717) is 18.8 Å². The molecule has 0 unspecified atom stereocenters. The quantitative estimate of drug-likeness (QED) is 0.820. The molecule has 0 heterocycles. The number of nitrogens with two attached hydrogens (primary N) is 1. The third-order valence-corrected chi connectivity index (χ3v) is 2.59. The number of hydrogen-bond acceptors (Lipinski definition) is 2. The summed E-state index contributed by atoms with van der Waals surface area (Å²) in [4.78, 5) is 13.5. The minimum atomic E-state index is -0.429. The molecule has 1 aromatic carbocycles. The van der Waals surface area contributed by atoms with Crippen LogP contribution in [0.15, 0.2) is 18.2 Å². The van der Waals surface area contributed by atoms with Crippen molar-refractivity contribution in [3.8, 4) is 11.8 Å². The summed E-state index contributed by atoms with van der Waals surface area (Å²) in [5, 5.41) is 2.71. The molecule has 19 heavy (non-hydrogen) atoms. The van der Waals surface area contributed by atoms with Gasteiger partial charge in [0.2, 0.25) is 0 Å². The number of urea groups is 1. The zero-order valence-corrected chi connectivity index (χ0v) is 11.2. The zero-order valence-electron chi connectivity index (χ0n) is 11.2. The van der Waals surface area contributed by atoms with Crippen LogP contribution in [-0.4, -0.2) is 30.6 Å². The number of rotatable bonds is 3. The predicted octanol–water partition coefficient (Wildman–Crippen LogP) is 2.01. The molecule has 102 valence electrons. The third-order valence-electron chi connectivity index (χ3n) is 2.59. The Hall–Kier alpha value is -2.06. The largest absolute Gasteiger partial charge is 0.325 e.